The summed E-state index contributed by atoms with van der Waals surface area (Å²) in [7, 11) is 1.48. The summed E-state index contributed by atoms with van der Waals surface area (Å²) in [6, 6.07) is 14.2. The van der Waals surface area contributed by atoms with Gasteiger partial charge in [0, 0.05) is 11.1 Å². The molecule has 1 aromatic heterocycles. The minimum absolute atomic E-state index is 0.251. The van der Waals surface area contributed by atoms with Crippen molar-refractivity contribution < 1.29 is 19.1 Å². The molecule has 0 aliphatic heterocycles. The van der Waals surface area contributed by atoms with Gasteiger partial charge in [-0.1, -0.05) is 18.2 Å². The van der Waals surface area contributed by atoms with Gasteiger partial charge < -0.3 is 15.2 Å². The van der Waals surface area contributed by atoms with Crippen molar-refractivity contribution in [1.29, 1.82) is 0 Å². The summed E-state index contributed by atoms with van der Waals surface area (Å²) in [4.78, 5) is 27.9. The van der Waals surface area contributed by atoms with Crippen LogP contribution < -0.4 is 20.6 Å². The number of hydrogen-bond donors (Lipinski definition) is 2. The molecular weight excluding hydrogens is 372 g/mol. The Hall–Kier alpha value is -3.94. The number of hydrazone groups is 1. The Labute approximate surface area is 167 Å². The highest BCUT2D eigenvalue weighted by atomic mass is 16.5. The van der Waals surface area contributed by atoms with E-state index in [1.54, 1.807) is 24.3 Å². The highest BCUT2D eigenvalue weighted by Gasteiger charge is 2.11. The minimum Gasteiger partial charge on any atom is -0.493 e. The van der Waals surface area contributed by atoms with Gasteiger partial charge in [0.05, 0.1) is 24.4 Å². The molecule has 3 aromatic rings. The number of rotatable bonds is 7. The largest absolute Gasteiger partial charge is 0.493 e. The number of fused-ring (bicyclic) bond motifs is 1. The van der Waals surface area contributed by atoms with Crippen molar-refractivity contribution in [2.24, 2.45) is 10.8 Å². The van der Waals surface area contributed by atoms with Crippen molar-refractivity contribution in [3.8, 4) is 11.5 Å². The smallest absolute Gasteiger partial charge is 0.272 e. The van der Waals surface area contributed by atoms with Crippen LogP contribution in [0.3, 0.4) is 0 Å². The van der Waals surface area contributed by atoms with Crippen LogP contribution in [0.1, 0.15) is 21.6 Å². The van der Waals surface area contributed by atoms with Gasteiger partial charge in [0.15, 0.2) is 18.1 Å². The number of benzene rings is 2. The molecule has 0 saturated heterocycles. The average Bonchev–Trinajstić information content (AvgIpc) is 2.71. The standard InChI is InChI=1S/C21H20N4O4/c1-13-9-16(15-5-3-4-6-17(15)24-13)21(27)25-23-11-14-7-8-18(19(10-14)28-2)29-12-20(22)26/h3-11H,12H2,1-2H3,(H2,22,26)(H,25,27). The molecule has 0 fully saturated rings. The molecule has 0 bridgehead atoms. The maximum Gasteiger partial charge on any atom is 0.272 e. The number of primary amides is 1. The first-order chi connectivity index (χ1) is 14.0. The quantitative estimate of drug-likeness (QED) is 0.472. The van der Waals surface area contributed by atoms with Crippen LogP contribution in [0.4, 0.5) is 0 Å². The molecule has 8 nitrogen and oxygen atoms in total. The molecule has 29 heavy (non-hydrogen) atoms. The average molecular weight is 392 g/mol. The van der Waals surface area contributed by atoms with Gasteiger partial charge in [0.25, 0.3) is 11.8 Å². The van der Waals surface area contributed by atoms with Crippen LogP contribution >= 0.6 is 0 Å². The van der Waals surface area contributed by atoms with E-state index < -0.39 is 5.91 Å². The normalized spacial score (nSPS) is 10.8. The van der Waals surface area contributed by atoms with Crippen molar-refractivity contribution in [2.45, 2.75) is 6.92 Å². The summed E-state index contributed by atoms with van der Waals surface area (Å²) in [5.41, 5.74) is 10.3. The maximum atomic E-state index is 12.6. The first kappa shape index (κ1) is 19.8. The second-order valence-corrected chi connectivity index (χ2v) is 6.19. The minimum atomic E-state index is -0.584. The monoisotopic (exact) mass is 392 g/mol. The first-order valence-electron chi connectivity index (χ1n) is 8.77. The Morgan fingerprint density at radius 3 is 2.72 bits per heavy atom. The maximum absolute atomic E-state index is 12.6. The molecule has 0 spiro atoms. The van der Waals surface area contributed by atoms with Crippen LogP contribution in [0, 0.1) is 6.92 Å². The molecule has 0 aliphatic carbocycles. The first-order valence-corrected chi connectivity index (χ1v) is 8.77. The van der Waals surface area contributed by atoms with Crippen molar-refractivity contribution in [3.05, 3.63) is 65.4 Å². The lowest BCUT2D eigenvalue weighted by Gasteiger charge is -2.10. The number of nitrogens with one attached hydrogen (secondary N) is 1. The Bertz CT molecular complexity index is 1100. The van der Waals surface area contributed by atoms with E-state index in [0.717, 1.165) is 16.6 Å². The molecule has 0 aliphatic rings. The van der Waals surface area contributed by atoms with Gasteiger partial charge in [0.1, 0.15) is 0 Å². The molecule has 1 heterocycles. The lowest BCUT2D eigenvalue weighted by atomic mass is 10.1. The number of nitrogens with zero attached hydrogens (tertiary/aromatic N) is 2. The fourth-order valence-electron chi connectivity index (χ4n) is 2.75. The van der Waals surface area contributed by atoms with Crippen molar-refractivity contribution in [3.63, 3.8) is 0 Å². The van der Waals surface area contributed by atoms with Gasteiger partial charge in [-0.05, 0) is 42.8 Å². The number of carbonyl (C=O) groups excluding carboxylic acids is 2. The summed E-state index contributed by atoms with van der Waals surface area (Å²) < 4.78 is 10.5. The second kappa shape index (κ2) is 8.83. The number of ether oxygens (including phenoxy) is 2. The van der Waals surface area contributed by atoms with E-state index in [4.69, 9.17) is 15.2 Å². The third kappa shape index (κ3) is 4.86. The third-order valence-electron chi connectivity index (χ3n) is 4.03. The van der Waals surface area contributed by atoms with Crippen molar-refractivity contribution in [2.75, 3.05) is 13.7 Å². The van der Waals surface area contributed by atoms with Crippen molar-refractivity contribution in [1.82, 2.24) is 10.4 Å². The number of nitrogens with two attached hydrogens (primary N) is 1. The van der Waals surface area contributed by atoms with E-state index in [-0.39, 0.29) is 12.5 Å². The number of methoxy groups -OCH3 is 1. The Morgan fingerprint density at radius 2 is 1.97 bits per heavy atom. The van der Waals surface area contributed by atoms with Crippen LogP contribution in [0.2, 0.25) is 0 Å². The Balaban J connectivity index is 1.74. The van der Waals surface area contributed by atoms with Gasteiger partial charge in [-0.2, -0.15) is 5.10 Å². The van der Waals surface area contributed by atoms with E-state index in [9.17, 15) is 9.59 Å². The van der Waals surface area contributed by atoms with Gasteiger partial charge in [-0.15, -0.1) is 0 Å². The third-order valence-corrected chi connectivity index (χ3v) is 4.03. The lowest BCUT2D eigenvalue weighted by Crippen LogP contribution is -2.20. The number of aryl methyl sites for hydroxylation is 1. The van der Waals surface area contributed by atoms with Gasteiger partial charge in [-0.3, -0.25) is 14.6 Å². The summed E-state index contributed by atoms with van der Waals surface area (Å²) in [6.07, 6.45) is 1.48. The highest BCUT2D eigenvalue weighted by Crippen LogP contribution is 2.27. The predicted molar refractivity (Wildman–Crippen MR) is 109 cm³/mol. The van der Waals surface area contributed by atoms with Gasteiger partial charge in [0.2, 0.25) is 0 Å². The number of aromatic nitrogens is 1. The SMILES string of the molecule is COc1cc(C=NNC(=O)c2cc(C)nc3ccccc23)ccc1OCC(N)=O. The molecule has 3 rings (SSSR count). The second-order valence-electron chi connectivity index (χ2n) is 6.19. The lowest BCUT2D eigenvalue weighted by molar-refractivity contribution is -0.119. The van der Waals surface area contributed by atoms with Crippen LogP contribution in [0.25, 0.3) is 10.9 Å². The molecule has 0 atom stereocenters. The zero-order valence-corrected chi connectivity index (χ0v) is 16.0. The van der Waals surface area contributed by atoms with E-state index in [1.807, 2.05) is 31.2 Å². The Kier molecular flexibility index (Phi) is 6.03. The number of para-hydroxylation sites is 1. The molecule has 8 heteroatoms. The number of amides is 2. The van der Waals surface area contributed by atoms with E-state index in [2.05, 4.69) is 15.5 Å². The fraction of sp³-hybridized carbons (Fsp3) is 0.143. The summed E-state index contributed by atoms with van der Waals surface area (Å²) >= 11 is 0. The topological polar surface area (TPSA) is 116 Å². The summed E-state index contributed by atoms with van der Waals surface area (Å²) in [5, 5.41) is 4.77. The van der Waals surface area contributed by atoms with Crippen LogP contribution in [-0.4, -0.2) is 36.7 Å². The molecular formula is C21H20N4O4. The molecule has 0 unspecified atom stereocenters. The zero-order chi connectivity index (χ0) is 20.8. The fourth-order valence-corrected chi connectivity index (χ4v) is 2.75. The zero-order valence-electron chi connectivity index (χ0n) is 16.0. The molecule has 2 amide bonds. The van der Waals surface area contributed by atoms with Gasteiger partial charge >= 0.3 is 0 Å². The van der Waals surface area contributed by atoms with Crippen LogP contribution in [0.5, 0.6) is 11.5 Å². The predicted octanol–water partition coefficient (Wildman–Crippen LogP) is 2.18. The summed E-state index contributed by atoms with van der Waals surface area (Å²) in [6.45, 7) is 1.58. The number of pyridine rings is 1. The van der Waals surface area contributed by atoms with E-state index in [0.29, 0.717) is 22.6 Å². The molecule has 0 saturated carbocycles. The van der Waals surface area contributed by atoms with Gasteiger partial charge in [-0.25, -0.2) is 5.43 Å². The molecule has 2 aromatic carbocycles. The number of carbonyl (C=O) groups is 2. The van der Waals surface area contributed by atoms with E-state index >= 15 is 0 Å². The molecule has 0 radical (unpaired) electrons. The van der Waals surface area contributed by atoms with E-state index in [1.165, 1.54) is 13.3 Å². The highest BCUT2D eigenvalue weighted by molar-refractivity contribution is 6.06. The Morgan fingerprint density at radius 1 is 1.17 bits per heavy atom. The number of hydrogen-bond acceptors (Lipinski definition) is 6. The molecule has 148 valence electrons. The van der Waals surface area contributed by atoms with Crippen LogP contribution in [0.15, 0.2) is 53.6 Å². The van der Waals surface area contributed by atoms with Crippen molar-refractivity contribution >= 4 is 28.9 Å². The van der Waals surface area contributed by atoms with Crippen LogP contribution in [-0.2, 0) is 4.79 Å². The summed E-state index contributed by atoms with van der Waals surface area (Å²) in [5.74, 6) is -0.126. The molecule has 3 N–H and O–H groups in total.